The molecule has 0 atom stereocenters. The summed E-state index contributed by atoms with van der Waals surface area (Å²) in [4.78, 5) is 12.2. The van der Waals surface area contributed by atoms with Crippen LogP contribution in [-0.2, 0) is 4.79 Å². The van der Waals surface area contributed by atoms with Crippen LogP contribution in [0.3, 0.4) is 0 Å². The second-order valence-corrected chi connectivity index (χ2v) is 6.28. The molecule has 0 aliphatic carbocycles. The van der Waals surface area contributed by atoms with E-state index >= 15 is 0 Å². The van der Waals surface area contributed by atoms with E-state index in [1.54, 1.807) is 18.2 Å². The van der Waals surface area contributed by atoms with Gasteiger partial charge < -0.3 is 10.1 Å². The fourth-order valence-electron chi connectivity index (χ4n) is 2.35. The third-order valence-corrected chi connectivity index (χ3v) is 4.24. The van der Waals surface area contributed by atoms with Crippen molar-refractivity contribution in [2.75, 3.05) is 11.9 Å². The van der Waals surface area contributed by atoms with Gasteiger partial charge in [-0.05, 0) is 51.8 Å². The van der Waals surface area contributed by atoms with Gasteiger partial charge in [0.05, 0.1) is 10.2 Å². The maximum absolute atomic E-state index is 12.2. The van der Waals surface area contributed by atoms with E-state index in [1.165, 1.54) is 0 Å². The van der Waals surface area contributed by atoms with Crippen LogP contribution in [0.5, 0.6) is 5.75 Å². The number of halogens is 2. The molecule has 0 fully saturated rings. The Kier molecular flexibility index (Phi) is 4.55. The molecule has 1 N–H and O–H groups in total. The van der Waals surface area contributed by atoms with Crippen molar-refractivity contribution in [3.8, 4) is 5.75 Å². The van der Waals surface area contributed by atoms with Gasteiger partial charge in [-0.2, -0.15) is 0 Å². The van der Waals surface area contributed by atoms with Crippen LogP contribution in [0.25, 0.3) is 11.6 Å². The first kappa shape index (κ1) is 15.8. The quantitative estimate of drug-likeness (QED) is 0.578. The fourth-order valence-corrected chi connectivity index (χ4v) is 3.03. The molecule has 1 amide bonds. The van der Waals surface area contributed by atoms with Crippen LogP contribution < -0.4 is 10.1 Å². The molecule has 0 bridgehead atoms. The number of amides is 1. The first-order valence-corrected chi connectivity index (χ1v) is 8.12. The zero-order valence-electron chi connectivity index (χ0n) is 12.1. The predicted molar refractivity (Wildman–Crippen MR) is 97.8 cm³/mol. The highest BCUT2D eigenvalue weighted by molar-refractivity contribution is 9.10. The smallest absolute Gasteiger partial charge is 0.256 e. The molecule has 0 saturated carbocycles. The molecule has 2 aromatic carbocycles. The Hall–Kier alpha value is -2.04. The minimum absolute atomic E-state index is 0.134. The van der Waals surface area contributed by atoms with Gasteiger partial charge in [0.1, 0.15) is 12.4 Å². The molecular weight excluding hydrogens is 378 g/mol. The lowest BCUT2D eigenvalue weighted by atomic mass is 10.0. The molecule has 1 aliphatic rings. The van der Waals surface area contributed by atoms with Gasteiger partial charge in [0.15, 0.2) is 0 Å². The van der Waals surface area contributed by atoms with Crippen LogP contribution in [0.2, 0.25) is 5.02 Å². The lowest BCUT2D eigenvalue weighted by molar-refractivity contribution is -0.110. The standard InChI is InChI=1S/C18H13BrClNO2/c1-2-7-23-17-6-3-11(9-15(17)19)8-14-13-5-4-12(20)10-16(13)21-18(14)22/h2-6,8-10H,1,7H2,(H,21,22)/b14-8-. The minimum Gasteiger partial charge on any atom is -0.488 e. The van der Waals surface area contributed by atoms with Crippen molar-refractivity contribution in [3.63, 3.8) is 0 Å². The van der Waals surface area contributed by atoms with E-state index in [-0.39, 0.29) is 5.91 Å². The summed E-state index contributed by atoms with van der Waals surface area (Å²) in [5, 5.41) is 3.42. The van der Waals surface area contributed by atoms with Crippen LogP contribution in [0, 0.1) is 0 Å². The van der Waals surface area contributed by atoms with Crippen LogP contribution in [-0.4, -0.2) is 12.5 Å². The molecule has 0 spiro atoms. The molecule has 116 valence electrons. The van der Waals surface area contributed by atoms with Crippen LogP contribution in [0.15, 0.2) is 53.5 Å². The van der Waals surface area contributed by atoms with Gasteiger partial charge in [-0.1, -0.05) is 36.4 Å². The number of rotatable bonds is 4. The Morgan fingerprint density at radius 2 is 2.09 bits per heavy atom. The van der Waals surface area contributed by atoms with E-state index in [9.17, 15) is 4.79 Å². The fraction of sp³-hybridized carbons (Fsp3) is 0.0556. The van der Waals surface area contributed by atoms with E-state index in [1.807, 2.05) is 30.3 Å². The highest BCUT2D eigenvalue weighted by Crippen LogP contribution is 2.35. The zero-order valence-corrected chi connectivity index (χ0v) is 14.4. The van der Waals surface area contributed by atoms with Gasteiger partial charge in [-0.15, -0.1) is 0 Å². The molecule has 3 nitrogen and oxygen atoms in total. The van der Waals surface area contributed by atoms with E-state index in [4.69, 9.17) is 16.3 Å². The number of anilines is 1. The summed E-state index contributed by atoms with van der Waals surface area (Å²) in [5.74, 6) is 0.598. The molecule has 0 aromatic heterocycles. The molecule has 3 rings (SSSR count). The Morgan fingerprint density at radius 3 is 2.83 bits per heavy atom. The van der Waals surface area contributed by atoms with E-state index < -0.39 is 0 Å². The van der Waals surface area contributed by atoms with Gasteiger partial charge in [0.25, 0.3) is 5.91 Å². The number of nitrogens with one attached hydrogen (secondary N) is 1. The average Bonchev–Trinajstić information content (AvgIpc) is 2.81. The summed E-state index contributed by atoms with van der Waals surface area (Å²) in [7, 11) is 0. The Balaban J connectivity index is 1.95. The number of carbonyl (C=O) groups excluding carboxylic acids is 1. The topological polar surface area (TPSA) is 38.3 Å². The van der Waals surface area contributed by atoms with Gasteiger partial charge in [0, 0.05) is 16.2 Å². The summed E-state index contributed by atoms with van der Waals surface area (Å²) < 4.78 is 6.34. The van der Waals surface area contributed by atoms with Crippen LogP contribution in [0.4, 0.5) is 5.69 Å². The molecule has 5 heteroatoms. The Bertz CT molecular complexity index is 830. The molecule has 0 unspecified atom stereocenters. The average molecular weight is 391 g/mol. The van der Waals surface area contributed by atoms with Crippen molar-refractivity contribution < 1.29 is 9.53 Å². The van der Waals surface area contributed by atoms with Crippen molar-refractivity contribution in [3.05, 3.63) is 69.7 Å². The number of fused-ring (bicyclic) bond motifs is 1. The monoisotopic (exact) mass is 389 g/mol. The van der Waals surface area contributed by atoms with E-state index in [2.05, 4.69) is 27.8 Å². The highest BCUT2D eigenvalue weighted by Gasteiger charge is 2.24. The van der Waals surface area contributed by atoms with Gasteiger partial charge in [0.2, 0.25) is 0 Å². The zero-order chi connectivity index (χ0) is 16.4. The van der Waals surface area contributed by atoms with Gasteiger partial charge >= 0.3 is 0 Å². The van der Waals surface area contributed by atoms with Gasteiger partial charge in [-0.3, -0.25) is 4.79 Å². The summed E-state index contributed by atoms with van der Waals surface area (Å²) in [6.07, 6.45) is 3.53. The largest absolute Gasteiger partial charge is 0.488 e. The third kappa shape index (κ3) is 3.33. The SMILES string of the molecule is C=CCOc1ccc(/C=C2\C(=O)Nc3cc(Cl)ccc32)cc1Br. The molecule has 1 aliphatic heterocycles. The van der Waals surface area contributed by atoms with Crippen LogP contribution >= 0.6 is 27.5 Å². The summed E-state index contributed by atoms with van der Waals surface area (Å²) in [6, 6.07) is 11.0. The molecule has 0 radical (unpaired) electrons. The number of hydrogen-bond acceptors (Lipinski definition) is 2. The van der Waals surface area contributed by atoms with E-state index in [0.29, 0.717) is 17.2 Å². The first-order chi connectivity index (χ1) is 11.1. The number of carbonyl (C=O) groups is 1. The molecule has 1 heterocycles. The summed E-state index contributed by atoms with van der Waals surface area (Å²) in [6.45, 7) is 4.06. The second kappa shape index (κ2) is 6.60. The third-order valence-electron chi connectivity index (χ3n) is 3.39. The first-order valence-electron chi connectivity index (χ1n) is 6.94. The maximum atomic E-state index is 12.2. The summed E-state index contributed by atoms with van der Waals surface area (Å²) >= 11 is 9.44. The van der Waals surface area contributed by atoms with Crippen molar-refractivity contribution in [1.82, 2.24) is 0 Å². The van der Waals surface area contributed by atoms with Crippen molar-refractivity contribution >= 4 is 50.8 Å². The highest BCUT2D eigenvalue weighted by atomic mass is 79.9. The number of hydrogen-bond donors (Lipinski definition) is 1. The van der Waals surface area contributed by atoms with Gasteiger partial charge in [-0.25, -0.2) is 0 Å². The normalized spacial score (nSPS) is 14.5. The minimum atomic E-state index is -0.134. The Morgan fingerprint density at radius 1 is 1.26 bits per heavy atom. The predicted octanol–water partition coefficient (Wildman–Crippen LogP) is 5.16. The molecular formula is C18H13BrClNO2. The van der Waals surface area contributed by atoms with Crippen molar-refractivity contribution in [1.29, 1.82) is 0 Å². The van der Waals surface area contributed by atoms with Crippen molar-refractivity contribution in [2.45, 2.75) is 0 Å². The lowest BCUT2D eigenvalue weighted by Gasteiger charge is -2.07. The Labute approximate surface area is 147 Å². The number of ether oxygens (including phenoxy) is 1. The molecule has 2 aromatic rings. The second-order valence-electron chi connectivity index (χ2n) is 4.99. The summed E-state index contributed by atoms with van der Waals surface area (Å²) in [5.41, 5.74) is 3.10. The van der Waals surface area contributed by atoms with Crippen LogP contribution in [0.1, 0.15) is 11.1 Å². The lowest BCUT2D eigenvalue weighted by Crippen LogP contribution is -2.03. The van der Waals surface area contributed by atoms with Crippen molar-refractivity contribution in [2.24, 2.45) is 0 Å². The molecule has 0 saturated heterocycles. The maximum Gasteiger partial charge on any atom is 0.256 e. The molecule has 23 heavy (non-hydrogen) atoms. The van der Waals surface area contributed by atoms with E-state index in [0.717, 1.165) is 27.0 Å². The number of benzene rings is 2.